The zero-order valence-electron chi connectivity index (χ0n) is 12.5. The molecular weight excluding hydrogens is 290 g/mol. The normalized spacial score (nSPS) is 11.3. The first kappa shape index (κ1) is 15.4. The highest BCUT2D eigenvalue weighted by Crippen LogP contribution is 2.18. The van der Waals surface area contributed by atoms with E-state index in [0.29, 0.717) is 10.8 Å². The number of hydrogen-bond donors (Lipinski definition) is 1. The van der Waals surface area contributed by atoms with E-state index in [1.54, 1.807) is 22.9 Å². The van der Waals surface area contributed by atoms with E-state index in [1.165, 1.54) is 0 Å². The lowest BCUT2D eigenvalue weighted by Crippen LogP contribution is -2.27. The van der Waals surface area contributed by atoms with Crippen molar-refractivity contribution in [3.8, 4) is 5.69 Å². The maximum atomic E-state index is 11.7. The molecular formula is C15H18ClN3O2. The summed E-state index contributed by atoms with van der Waals surface area (Å²) < 4.78 is 6.92. The van der Waals surface area contributed by atoms with Gasteiger partial charge in [-0.1, -0.05) is 11.6 Å². The molecule has 1 aromatic carbocycles. The number of amides is 1. The summed E-state index contributed by atoms with van der Waals surface area (Å²) in [5, 5.41) is 7.63. The van der Waals surface area contributed by atoms with Gasteiger partial charge in [0.1, 0.15) is 5.60 Å². The molecule has 0 saturated carbocycles. The fourth-order valence-electron chi connectivity index (χ4n) is 1.79. The number of anilines is 1. The molecule has 21 heavy (non-hydrogen) atoms. The monoisotopic (exact) mass is 307 g/mol. The van der Waals surface area contributed by atoms with Crippen LogP contribution in [0.25, 0.3) is 5.69 Å². The van der Waals surface area contributed by atoms with Crippen LogP contribution in [0.1, 0.15) is 26.5 Å². The van der Waals surface area contributed by atoms with Crippen LogP contribution in [0.15, 0.2) is 30.3 Å². The lowest BCUT2D eigenvalue weighted by Gasteiger charge is -2.19. The molecule has 1 aromatic heterocycles. The van der Waals surface area contributed by atoms with E-state index in [2.05, 4.69) is 10.4 Å². The number of carbonyl (C=O) groups excluding carboxylic acids is 1. The number of halogens is 1. The van der Waals surface area contributed by atoms with Gasteiger partial charge in [-0.3, -0.25) is 5.32 Å². The van der Waals surface area contributed by atoms with Crippen molar-refractivity contribution in [2.45, 2.75) is 33.3 Å². The topological polar surface area (TPSA) is 56.1 Å². The van der Waals surface area contributed by atoms with Gasteiger partial charge >= 0.3 is 6.09 Å². The van der Waals surface area contributed by atoms with Crippen molar-refractivity contribution in [1.29, 1.82) is 0 Å². The third kappa shape index (κ3) is 4.23. The molecule has 2 aromatic rings. The van der Waals surface area contributed by atoms with E-state index in [9.17, 15) is 4.79 Å². The zero-order chi connectivity index (χ0) is 15.6. The summed E-state index contributed by atoms with van der Waals surface area (Å²) in [5.74, 6) is 0.441. The Morgan fingerprint density at radius 3 is 2.48 bits per heavy atom. The molecule has 0 radical (unpaired) electrons. The SMILES string of the molecule is Cc1cc(NC(=O)OC(C)(C)C)nn1-c1ccc(Cl)cc1. The zero-order valence-corrected chi connectivity index (χ0v) is 13.2. The second kappa shape index (κ2) is 5.77. The summed E-state index contributed by atoms with van der Waals surface area (Å²) in [5.41, 5.74) is 1.22. The minimum Gasteiger partial charge on any atom is -0.444 e. The molecule has 2 rings (SSSR count). The number of ether oxygens (including phenoxy) is 1. The Bertz CT molecular complexity index is 642. The summed E-state index contributed by atoms with van der Waals surface area (Å²) >= 11 is 5.87. The van der Waals surface area contributed by atoms with Gasteiger partial charge in [0.2, 0.25) is 0 Å². The number of carbonyl (C=O) groups is 1. The quantitative estimate of drug-likeness (QED) is 0.905. The maximum absolute atomic E-state index is 11.7. The molecule has 0 aliphatic heterocycles. The van der Waals surface area contributed by atoms with E-state index in [0.717, 1.165) is 11.4 Å². The molecule has 6 heteroatoms. The lowest BCUT2D eigenvalue weighted by atomic mass is 10.2. The minimum atomic E-state index is -0.544. The third-order valence-electron chi connectivity index (χ3n) is 2.59. The first-order valence-corrected chi connectivity index (χ1v) is 6.95. The van der Waals surface area contributed by atoms with E-state index in [-0.39, 0.29) is 0 Å². The molecule has 0 aliphatic carbocycles. The van der Waals surface area contributed by atoms with Crippen molar-refractivity contribution in [2.24, 2.45) is 0 Å². The number of hydrogen-bond acceptors (Lipinski definition) is 3. The highest BCUT2D eigenvalue weighted by Gasteiger charge is 2.17. The van der Waals surface area contributed by atoms with Crippen LogP contribution < -0.4 is 5.32 Å². The molecule has 0 fully saturated rings. The summed E-state index contributed by atoms with van der Waals surface area (Å²) in [6.45, 7) is 7.33. The Hall–Kier alpha value is -2.01. The Kier molecular flexibility index (Phi) is 4.23. The molecule has 112 valence electrons. The largest absolute Gasteiger partial charge is 0.444 e. The summed E-state index contributed by atoms with van der Waals surface area (Å²) in [4.78, 5) is 11.7. The fourth-order valence-corrected chi connectivity index (χ4v) is 1.91. The molecule has 0 bridgehead atoms. The van der Waals surface area contributed by atoms with Crippen LogP contribution in [0.3, 0.4) is 0 Å². The van der Waals surface area contributed by atoms with Crippen LogP contribution in [0.5, 0.6) is 0 Å². The smallest absolute Gasteiger partial charge is 0.413 e. The number of aromatic nitrogens is 2. The van der Waals surface area contributed by atoms with Crippen LogP contribution in [0, 0.1) is 6.92 Å². The van der Waals surface area contributed by atoms with Crippen LogP contribution in [-0.4, -0.2) is 21.5 Å². The van der Waals surface area contributed by atoms with Gasteiger partial charge in [0.25, 0.3) is 0 Å². The van der Waals surface area contributed by atoms with Gasteiger partial charge in [0.15, 0.2) is 5.82 Å². The predicted molar refractivity (Wildman–Crippen MR) is 83.2 cm³/mol. The van der Waals surface area contributed by atoms with E-state index in [1.807, 2.05) is 39.8 Å². The van der Waals surface area contributed by atoms with E-state index < -0.39 is 11.7 Å². The average Bonchev–Trinajstić information content (AvgIpc) is 2.68. The van der Waals surface area contributed by atoms with Crippen molar-refractivity contribution < 1.29 is 9.53 Å². The summed E-state index contributed by atoms with van der Waals surface area (Å²) in [6, 6.07) is 9.08. The highest BCUT2D eigenvalue weighted by molar-refractivity contribution is 6.30. The van der Waals surface area contributed by atoms with Crippen molar-refractivity contribution >= 4 is 23.5 Å². The highest BCUT2D eigenvalue weighted by atomic mass is 35.5. The number of rotatable bonds is 2. The number of nitrogens with zero attached hydrogens (tertiary/aromatic N) is 2. The fraction of sp³-hybridized carbons (Fsp3) is 0.333. The Labute approximate surface area is 128 Å². The second-order valence-corrected chi connectivity index (χ2v) is 6.12. The predicted octanol–water partition coefficient (Wildman–Crippen LogP) is 4.18. The van der Waals surface area contributed by atoms with Crippen LogP contribution >= 0.6 is 11.6 Å². The molecule has 0 aliphatic rings. The second-order valence-electron chi connectivity index (χ2n) is 5.69. The molecule has 0 saturated heterocycles. The summed E-state index contributed by atoms with van der Waals surface area (Å²) in [7, 11) is 0. The molecule has 0 unspecified atom stereocenters. The molecule has 1 N–H and O–H groups in total. The van der Waals surface area contributed by atoms with Crippen molar-refractivity contribution in [3.05, 3.63) is 41.0 Å². The lowest BCUT2D eigenvalue weighted by molar-refractivity contribution is 0.0635. The van der Waals surface area contributed by atoms with E-state index >= 15 is 0 Å². The van der Waals surface area contributed by atoms with Crippen LogP contribution in [0.2, 0.25) is 5.02 Å². The molecule has 0 spiro atoms. The first-order valence-electron chi connectivity index (χ1n) is 6.57. The molecule has 0 atom stereocenters. The van der Waals surface area contributed by atoms with Crippen LogP contribution in [-0.2, 0) is 4.74 Å². The Morgan fingerprint density at radius 1 is 1.29 bits per heavy atom. The molecule has 1 heterocycles. The number of aryl methyl sites for hydroxylation is 1. The van der Waals surface area contributed by atoms with Gasteiger partial charge < -0.3 is 4.74 Å². The van der Waals surface area contributed by atoms with Gasteiger partial charge in [-0.25, -0.2) is 9.48 Å². The Morgan fingerprint density at radius 2 is 1.90 bits per heavy atom. The van der Waals surface area contributed by atoms with Crippen LogP contribution in [0.4, 0.5) is 10.6 Å². The first-order chi connectivity index (χ1) is 9.74. The minimum absolute atomic E-state index is 0.441. The van der Waals surface area contributed by atoms with E-state index in [4.69, 9.17) is 16.3 Å². The Balaban J connectivity index is 2.16. The van der Waals surface area contributed by atoms with Gasteiger partial charge in [0, 0.05) is 16.8 Å². The van der Waals surface area contributed by atoms with Gasteiger partial charge in [-0.15, -0.1) is 5.10 Å². The van der Waals surface area contributed by atoms with Crippen molar-refractivity contribution in [3.63, 3.8) is 0 Å². The molecule has 5 nitrogen and oxygen atoms in total. The number of benzene rings is 1. The summed E-state index contributed by atoms with van der Waals surface area (Å²) in [6.07, 6.45) is -0.525. The number of nitrogens with one attached hydrogen (secondary N) is 1. The molecule has 1 amide bonds. The van der Waals surface area contributed by atoms with Gasteiger partial charge in [0.05, 0.1) is 5.69 Å². The van der Waals surface area contributed by atoms with Gasteiger partial charge in [-0.2, -0.15) is 0 Å². The van der Waals surface area contributed by atoms with Gasteiger partial charge in [-0.05, 0) is 52.0 Å². The maximum Gasteiger partial charge on any atom is 0.413 e. The van der Waals surface area contributed by atoms with Crippen molar-refractivity contribution in [2.75, 3.05) is 5.32 Å². The average molecular weight is 308 g/mol. The van der Waals surface area contributed by atoms with Crippen molar-refractivity contribution in [1.82, 2.24) is 9.78 Å². The third-order valence-corrected chi connectivity index (χ3v) is 2.84. The standard InChI is InChI=1S/C15H18ClN3O2/c1-10-9-13(17-14(20)21-15(2,3)4)18-19(10)12-7-5-11(16)6-8-12/h5-9H,1-4H3,(H,17,18,20).